The highest BCUT2D eigenvalue weighted by Gasteiger charge is 2.27. The number of anilines is 2. The van der Waals surface area contributed by atoms with Crippen LogP contribution < -0.4 is 10.2 Å². The summed E-state index contributed by atoms with van der Waals surface area (Å²) >= 11 is 0. The number of hydrogen-bond acceptors (Lipinski definition) is 5. The van der Waals surface area contributed by atoms with Gasteiger partial charge in [-0.2, -0.15) is 5.10 Å². The Morgan fingerprint density at radius 2 is 1.91 bits per heavy atom. The lowest BCUT2D eigenvalue weighted by Gasteiger charge is -2.39. The molecule has 2 aromatic heterocycles. The van der Waals surface area contributed by atoms with E-state index in [-0.39, 0.29) is 5.60 Å². The zero-order valence-corrected chi connectivity index (χ0v) is 20.4. The van der Waals surface area contributed by atoms with Gasteiger partial charge in [-0.05, 0) is 63.6 Å². The van der Waals surface area contributed by atoms with Gasteiger partial charge in [-0.1, -0.05) is 12.1 Å². The van der Waals surface area contributed by atoms with Crippen molar-refractivity contribution < 1.29 is 9.53 Å². The number of carbonyl (C=O) groups excluding carboxylic acids is 1. The van der Waals surface area contributed by atoms with Gasteiger partial charge in [0, 0.05) is 37.5 Å². The van der Waals surface area contributed by atoms with Gasteiger partial charge in [-0.3, -0.25) is 9.48 Å². The third-order valence-electron chi connectivity index (χ3n) is 5.85. The molecule has 2 N–H and O–H groups in total. The fourth-order valence-electron chi connectivity index (χ4n) is 4.19. The molecule has 178 valence electrons. The first-order valence-electron chi connectivity index (χ1n) is 11.4. The molecule has 8 heteroatoms. The number of nitrogens with zero attached hydrogens (tertiary/aromatic N) is 4. The van der Waals surface area contributed by atoms with Crippen LogP contribution in [0.4, 0.5) is 11.5 Å². The Labute approximate surface area is 199 Å². The second kappa shape index (κ2) is 9.69. The highest BCUT2D eigenvalue weighted by atomic mass is 16.5. The number of fused-ring (bicyclic) bond motifs is 1. The predicted molar refractivity (Wildman–Crippen MR) is 136 cm³/mol. The molecule has 34 heavy (non-hydrogen) atoms. The summed E-state index contributed by atoms with van der Waals surface area (Å²) in [6.07, 6.45) is 0.635. The number of H-pyrrole nitrogens is 1. The molecular weight excluding hydrogens is 428 g/mol. The molecule has 0 radical (unpaired) electrons. The largest absolute Gasteiger partial charge is 0.372 e. The quantitative estimate of drug-likeness (QED) is 0.439. The van der Waals surface area contributed by atoms with Crippen LogP contribution in [-0.2, 0) is 16.6 Å². The Balaban J connectivity index is 0.000000231. The van der Waals surface area contributed by atoms with E-state index in [4.69, 9.17) is 9.72 Å². The van der Waals surface area contributed by atoms with Crippen molar-refractivity contribution in [2.24, 2.45) is 7.05 Å². The van der Waals surface area contributed by atoms with E-state index in [0.717, 1.165) is 47.8 Å². The van der Waals surface area contributed by atoms with Crippen LogP contribution in [0, 0.1) is 13.8 Å². The minimum Gasteiger partial charge on any atom is -0.372 e. The topological polar surface area (TPSA) is 88.1 Å². The molecule has 1 saturated heterocycles. The highest BCUT2D eigenvalue weighted by Crippen LogP contribution is 2.27. The average molecular weight is 461 g/mol. The van der Waals surface area contributed by atoms with Gasteiger partial charge >= 0.3 is 0 Å². The number of aromatic nitrogens is 4. The summed E-state index contributed by atoms with van der Waals surface area (Å²) in [5.41, 5.74) is 6.49. The van der Waals surface area contributed by atoms with Crippen LogP contribution in [0.25, 0.3) is 22.4 Å². The number of amides is 1. The first-order valence-corrected chi connectivity index (χ1v) is 11.4. The second-order valence-electron chi connectivity index (χ2n) is 9.19. The summed E-state index contributed by atoms with van der Waals surface area (Å²) < 4.78 is 7.41. The van der Waals surface area contributed by atoms with Gasteiger partial charge in [0.05, 0.1) is 28.9 Å². The number of aryl methyl sites for hydroxylation is 3. The van der Waals surface area contributed by atoms with Gasteiger partial charge in [-0.25, -0.2) is 4.98 Å². The number of carbonyl (C=O) groups is 1. The molecule has 0 atom stereocenters. The molecular formula is C26H32N6O2. The fraction of sp³-hybridized carbons (Fsp3) is 0.346. The van der Waals surface area contributed by atoms with E-state index in [1.54, 1.807) is 17.8 Å². The molecule has 1 fully saturated rings. The molecule has 4 aromatic rings. The van der Waals surface area contributed by atoms with Crippen molar-refractivity contribution in [1.82, 2.24) is 19.7 Å². The molecule has 2 aromatic carbocycles. The number of rotatable bonds is 4. The normalized spacial score (nSPS) is 15.0. The summed E-state index contributed by atoms with van der Waals surface area (Å²) in [5, 5.41) is 6.54. The third-order valence-corrected chi connectivity index (χ3v) is 5.85. The molecule has 1 aliphatic rings. The van der Waals surface area contributed by atoms with Crippen LogP contribution in [0.3, 0.4) is 0 Å². The molecule has 0 spiro atoms. The van der Waals surface area contributed by atoms with Gasteiger partial charge in [0.25, 0.3) is 0 Å². The van der Waals surface area contributed by atoms with E-state index in [9.17, 15) is 4.79 Å². The van der Waals surface area contributed by atoms with Gasteiger partial charge in [-0.15, -0.1) is 0 Å². The van der Waals surface area contributed by atoms with Crippen LogP contribution >= 0.6 is 0 Å². The minimum absolute atomic E-state index is 0.0901. The Kier molecular flexibility index (Phi) is 6.70. The van der Waals surface area contributed by atoms with Crippen molar-refractivity contribution in [3.63, 3.8) is 0 Å². The highest BCUT2D eigenvalue weighted by molar-refractivity contribution is 5.82. The molecule has 0 aliphatic carbocycles. The SMILES string of the molecule is Cc1cc(NC=O)n(C)n1.Cc1cccc2[nH]c(-c3ccc(N4CCOC(C)(C)C4)cc3)nc12. The Bertz CT molecular complexity index is 1270. The van der Waals surface area contributed by atoms with E-state index >= 15 is 0 Å². The number of nitrogens with one attached hydrogen (secondary N) is 2. The summed E-state index contributed by atoms with van der Waals surface area (Å²) in [7, 11) is 1.78. The number of aromatic amines is 1. The molecule has 8 nitrogen and oxygen atoms in total. The van der Waals surface area contributed by atoms with Crippen molar-refractivity contribution in [2.75, 3.05) is 29.9 Å². The van der Waals surface area contributed by atoms with Gasteiger partial charge in [0.1, 0.15) is 11.6 Å². The first kappa shape index (κ1) is 23.5. The number of morpholine rings is 1. The van der Waals surface area contributed by atoms with E-state index in [2.05, 4.69) is 83.5 Å². The molecule has 3 heterocycles. The molecule has 1 amide bonds. The predicted octanol–water partition coefficient (Wildman–Crippen LogP) is 4.45. The number of hydrogen-bond donors (Lipinski definition) is 2. The number of ether oxygens (including phenoxy) is 1. The monoisotopic (exact) mass is 460 g/mol. The molecule has 5 rings (SSSR count). The van der Waals surface area contributed by atoms with E-state index in [1.807, 2.05) is 6.92 Å². The standard InChI is InChI=1S/C20H23N3O.C6H9N3O/c1-14-5-4-6-17-18(14)22-19(21-17)15-7-9-16(10-8-15)23-11-12-24-20(2,3)13-23;1-5-3-6(7-4-10)9(2)8-5/h4-10H,11-13H2,1-3H3,(H,21,22);3-4H,1-2H3,(H,7,10). The Hall–Kier alpha value is -3.65. The summed E-state index contributed by atoms with van der Waals surface area (Å²) in [6, 6.07) is 16.7. The average Bonchev–Trinajstić information content (AvgIpc) is 3.37. The third kappa shape index (κ3) is 5.28. The Morgan fingerprint density at radius 3 is 2.53 bits per heavy atom. The maximum Gasteiger partial charge on any atom is 0.212 e. The van der Waals surface area contributed by atoms with Crippen molar-refractivity contribution in [3.05, 3.63) is 59.8 Å². The lowest BCUT2D eigenvalue weighted by atomic mass is 10.1. The number of para-hydroxylation sites is 1. The van der Waals surface area contributed by atoms with E-state index in [0.29, 0.717) is 12.2 Å². The lowest BCUT2D eigenvalue weighted by Crippen LogP contribution is -2.48. The van der Waals surface area contributed by atoms with Crippen LogP contribution in [0.15, 0.2) is 48.5 Å². The Morgan fingerprint density at radius 1 is 1.15 bits per heavy atom. The van der Waals surface area contributed by atoms with Crippen molar-refractivity contribution in [1.29, 1.82) is 0 Å². The van der Waals surface area contributed by atoms with Crippen molar-refractivity contribution in [2.45, 2.75) is 33.3 Å². The van der Waals surface area contributed by atoms with E-state index < -0.39 is 0 Å². The zero-order valence-electron chi connectivity index (χ0n) is 20.4. The molecule has 1 aliphatic heterocycles. The number of benzene rings is 2. The van der Waals surface area contributed by atoms with Gasteiger partial charge < -0.3 is 19.9 Å². The van der Waals surface area contributed by atoms with Gasteiger partial charge in [0.15, 0.2) is 0 Å². The maximum atomic E-state index is 9.98. The van der Waals surface area contributed by atoms with Crippen LogP contribution in [0.5, 0.6) is 0 Å². The molecule has 0 bridgehead atoms. The summed E-state index contributed by atoms with van der Waals surface area (Å²) in [5.74, 6) is 1.64. The summed E-state index contributed by atoms with van der Waals surface area (Å²) in [6.45, 7) is 10.9. The van der Waals surface area contributed by atoms with Gasteiger partial charge in [0.2, 0.25) is 6.41 Å². The lowest BCUT2D eigenvalue weighted by molar-refractivity contribution is -0.105. The van der Waals surface area contributed by atoms with Crippen molar-refractivity contribution >= 4 is 28.9 Å². The number of imidazole rings is 1. The van der Waals surface area contributed by atoms with Crippen molar-refractivity contribution in [3.8, 4) is 11.4 Å². The maximum absolute atomic E-state index is 9.98. The van der Waals surface area contributed by atoms with Crippen LogP contribution in [0.2, 0.25) is 0 Å². The minimum atomic E-state index is -0.0901. The summed E-state index contributed by atoms with van der Waals surface area (Å²) in [4.78, 5) is 20.5. The second-order valence-corrected chi connectivity index (χ2v) is 9.19. The molecule has 0 saturated carbocycles. The smallest absolute Gasteiger partial charge is 0.212 e. The zero-order chi connectivity index (χ0) is 24.3. The van der Waals surface area contributed by atoms with E-state index in [1.165, 1.54) is 11.3 Å². The van der Waals surface area contributed by atoms with Crippen LogP contribution in [0.1, 0.15) is 25.1 Å². The molecule has 0 unspecified atom stereocenters. The fourth-order valence-corrected chi connectivity index (χ4v) is 4.19. The first-order chi connectivity index (χ1) is 16.3. The van der Waals surface area contributed by atoms with Crippen LogP contribution in [-0.4, -0.2) is 51.5 Å².